The lowest BCUT2D eigenvalue weighted by molar-refractivity contribution is 0.0190. The number of amides is 1. The molecule has 0 bridgehead atoms. The number of nitrogens with one attached hydrogen (secondary N) is 1. The largest absolute Gasteiger partial charge is 0.444 e. The van der Waals surface area contributed by atoms with Crippen molar-refractivity contribution in [1.82, 2.24) is 24.5 Å². The Morgan fingerprint density at radius 2 is 2.19 bits per heavy atom. The molecule has 1 aliphatic heterocycles. The molecule has 3 fully saturated rings. The Morgan fingerprint density at radius 3 is 2.86 bits per heavy atom. The maximum atomic E-state index is 12.6. The van der Waals surface area contributed by atoms with Gasteiger partial charge in [-0.2, -0.15) is 15.5 Å². The monoisotopic (exact) mass is 519 g/mol. The molecule has 37 heavy (non-hydrogen) atoms. The highest BCUT2D eigenvalue weighted by molar-refractivity contribution is 6.30. The Kier molecular flexibility index (Phi) is 5.32. The first kappa shape index (κ1) is 23.9. The molecule has 1 N–H and O–H groups in total. The van der Waals surface area contributed by atoms with E-state index in [1.54, 1.807) is 6.20 Å². The molecule has 0 radical (unpaired) electrons. The second-order valence-electron chi connectivity index (χ2n) is 11.4. The number of piperidine rings is 1. The highest BCUT2D eigenvalue weighted by Gasteiger charge is 2.79. The highest BCUT2D eigenvalue weighted by Crippen LogP contribution is 2.79. The van der Waals surface area contributed by atoms with Gasteiger partial charge >= 0.3 is 6.09 Å². The number of rotatable bonds is 5. The van der Waals surface area contributed by atoms with E-state index in [9.17, 15) is 10.1 Å². The normalized spacial score (nSPS) is 25.6. The standard InChI is InChI=1S/C27H30ClN7O2/c1-26(2,3)37-25(36)33-14-20-22-21(9-27(20,22)15-33)35-24(30-4)19(10-29)23(32-35)17-11-31-34(13-17)12-16-6-5-7-18(28)8-16/h5-8,11,13,20-22,30H,9,12,14-15H2,1-4H3/t20?,21-,22-,27+/m1/s1. The van der Waals surface area contributed by atoms with Crippen LogP contribution >= 0.6 is 11.6 Å². The van der Waals surface area contributed by atoms with E-state index in [-0.39, 0.29) is 17.6 Å². The average molecular weight is 520 g/mol. The van der Waals surface area contributed by atoms with Crippen molar-refractivity contribution in [3.63, 3.8) is 0 Å². The zero-order chi connectivity index (χ0) is 26.1. The minimum Gasteiger partial charge on any atom is -0.444 e. The van der Waals surface area contributed by atoms with E-state index in [0.29, 0.717) is 34.7 Å². The summed E-state index contributed by atoms with van der Waals surface area (Å²) in [5, 5.41) is 23.4. The van der Waals surface area contributed by atoms with Crippen LogP contribution in [-0.2, 0) is 11.3 Å². The highest BCUT2D eigenvalue weighted by atomic mass is 35.5. The molecule has 4 atom stereocenters. The number of anilines is 1. The zero-order valence-corrected chi connectivity index (χ0v) is 22.2. The van der Waals surface area contributed by atoms with Crippen LogP contribution in [0.1, 0.15) is 44.4 Å². The molecule has 2 aromatic heterocycles. The lowest BCUT2D eigenvalue weighted by Crippen LogP contribution is -2.42. The number of hydrogen-bond donors (Lipinski definition) is 1. The van der Waals surface area contributed by atoms with Crippen LogP contribution in [0, 0.1) is 28.6 Å². The quantitative estimate of drug-likeness (QED) is 0.520. The van der Waals surface area contributed by atoms with E-state index in [1.165, 1.54) is 0 Å². The second-order valence-corrected chi connectivity index (χ2v) is 11.9. The molecule has 2 saturated carbocycles. The van der Waals surface area contributed by atoms with E-state index in [2.05, 4.69) is 16.5 Å². The third-order valence-electron chi connectivity index (χ3n) is 8.00. The van der Waals surface area contributed by atoms with E-state index in [0.717, 1.165) is 36.5 Å². The number of halogens is 1. The molecule has 10 heteroatoms. The predicted molar refractivity (Wildman–Crippen MR) is 139 cm³/mol. The minimum absolute atomic E-state index is 0.160. The Hall–Kier alpha value is -3.51. The predicted octanol–water partition coefficient (Wildman–Crippen LogP) is 4.79. The smallest absolute Gasteiger partial charge is 0.410 e. The van der Waals surface area contributed by atoms with Gasteiger partial charge in [-0.1, -0.05) is 23.7 Å². The number of carbonyl (C=O) groups is 1. The molecule has 1 spiro atoms. The molecule has 1 amide bonds. The number of fused-ring (bicyclic) bond motifs is 1. The molecule has 3 aliphatic rings. The van der Waals surface area contributed by atoms with Gasteiger partial charge < -0.3 is 15.0 Å². The molecule has 192 valence electrons. The van der Waals surface area contributed by atoms with Crippen LogP contribution in [0.15, 0.2) is 36.7 Å². The average Bonchev–Trinajstić information content (AvgIpc) is 3.32. The first-order valence-corrected chi connectivity index (χ1v) is 13.0. The number of benzene rings is 1. The van der Waals surface area contributed by atoms with Gasteiger partial charge in [0.05, 0.1) is 18.8 Å². The third kappa shape index (κ3) is 3.86. The fourth-order valence-corrected chi connectivity index (χ4v) is 6.68. The van der Waals surface area contributed by atoms with Crippen molar-refractivity contribution in [2.45, 2.75) is 45.4 Å². The minimum atomic E-state index is -0.494. The summed E-state index contributed by atoms with van der Waals surface area (Å²) in [5.74, 6) is 1.64. The number of nitrogens with zero attached hydrogens (tertiary/aromatic N) is 6. The molecule has 2 aliphatic carbocycles. The van der Waals surface area contributed by atoms with Gasteiger partial charge in [0.1, 0.15) is 28.7 Å². The van der Waals surface area contributed by atoms with Crippen LogP contribution in [0.4, 0.5) is 10.6 Å². The topological polar surface area (TPSA) is 101 Å². The van der Waals surface area contributed by atoms with Gasteiger partial charge in [-0.15, -0.1) is 0 Å². The summed E-state index contributed by atoms with van der Waals surface area (Å²) in [6, 6.07) is 10.2. The van der Waals surface area contributed by atoms with Gasteiger partial charge in [-0.25, -0.2) is 9.48 Å². The lowest BCUT2D eigenvalue weighted by Gasteiger charge is -2.37. The van der Waals surface area contributed by atoms with Crippen LogP contribution in [0.25, 0.3) is 11.3 Å². The SMILES string of the molecule is CNc1c(C#N)c(-c2cnn(Cc3cccc(Cl)c3)c2)nn1[C@@H]1C[C@]23CN(C(=O)OC(C)(C)C)CC2[C@H]13. The molecule has 1 saturated heterocycles. The summed E-state index contributed by atoms with van der Waals surface area (Å²) in [6.45, 7) is 7.71. The van der Waals surface area contributed by atoms with Crippen molar-refractivity contribution in [1.29, 1.82) is 5.26 Å². The van der Waals surface area contributed by atoms with Crippen LogP contribution < -0.4 is 5.32 Å². The van der Waals surface area contributed by atoms with Gasteiger partial charge in [-0.3, -0.25) is 4.68 Å². The van der Waals surface area contributed by atoms with Crippen LogP contribution in [0.3, 0.4) is 0 Å². The lowest BCUT2D eigenvalue weighted by atomic mass is 9.80. The van der Waals surface area contributed by atoms with Gasteiger partial charge in [0.25, 0.3) is 0 Å². The van der Waals surface area contributed by atoms with Crippen LogP contribution in [-0.4, -0.2) is 56.3 Å². The first-order valence-electron chi connectivity index (χ1n) is 12.6. The Bertz CT molecular complexity index is 1430. The van der Waals surface area contributed by atoms with E-state index in [1.807, 2.05) is 72.5 Å². The molecular weight excluding hydrogens is 490 g/mol. The van der Waals surface area contributed by atoms with Gasteiger partial charge in [0.2, 0.25) is 0 Å². The summed E-state index contributed by atoms with van der Waals surface area (Å²) in [6.07, 6.45) is 4.39. The van der Waals surface area contributed by atoms with Crippen molar-refractivity contribution in [2.75, 3.05) is 25.5 Å². The molecule has 3 heterocycles. The zero-order valence-electron chi connectivity index (χ0n) is 21.4. The molecule has 3 aromatic rings. The van der Waals surface area contributed by atoms with Crippen LogP contribution in [0.2, 0.25) is 5.02 Å². The first-order chi connectivity index (χ1) is 17.6. The number of nitriles is 1. The number of hydrogen-bond acceptors (Lipinski definition) is 6. The van der Waals surface area contributed by atoms with Crippen molar-refractivity contribution in [3.8, 4) is 17.3 Å². The van der Waals surface area contributed by atoms with Gasteiger partial charge in [0.15, 0.2) is 0 Å². The van der Waals surface area contributed by atoms with Crippen LogP contribution in [0.5, 0.6) is 0 Å². The molecule has 1 aromatic carbocycles. The summed E-state index contributed by atoms with van der Waals surface area (Å²) in [4.78, 5) is 14.4. The maximum Gasteiger partial charge on any atom is 0.410 e. The Morgan fingerprint density at radius 1 is 1.38 bits per heavy atom. The fraction of sp³-hybridized carbons (Fsp3) is 0.481. The number of ether oxygens (including phenoxy) is 1. The molecule has 6 rings (SSSR count). The van der Waals surface area contributed by atoms with E-state index < -0.39 is 5.60 Å². The number of likely N-dealkylation sites (tertiary alicyclic amines) is 1. The second kappa shape index (κ2) is 8.25. The third-order valence-corrected chi connectivity index (χ3v) is 8.23. The molecule has 9 nitrogen and oxygen atoms in total. The molecule has 1 unspecified atom stereocenters. The van der Waals surface area contributed by atoms with Crippen molar-refractivity contribution in [3.05, 3.63) is 52.8 Å². The van der Waals surface area contributed by atoms with Crippen molar-refractivity contribution >= 4 is 23.5 Å². The molecular formula is C27H30ClN7O2. The summed E-state index contributed by atoms with van der Waals surface area (Å²) in [5.41, 5.74) is 2.66. The maximum absolute atomic E-state index is 12.6. The Balaban J connectivity index is 1.21. The van der Waals surface area contributed by atoms with Gasteiger partial charge in [0, 0.05) is 42.3 Å². The van der Waals surface area contributed by atoms with E-state index in [4.69, 9.17) is 21.4 Å². The van der Waals surface area contributed by atoms with Crippen molar-refractivity contribution in [2.24, 2.45) is 17.3 Å². The number of carbonyl (C=O) groups excluding carboxylic acids is 1. The summed E-state index contributed by atoms with van der Waals surface area (Å²) < 4.78 is 9.40. The van der Waals surface area contributed by atoms with E-state index >= 15 is 0 Å². The fourth-order valence-electron chi connectivity index (χ4n) is 6.47. The summed E-state index contributed by atoms with van der Waals surface area (Å²) in [7, 11) is 1.83. The Labute approximate surface area is 220 Å². The van der Waals surface area contributed by atoms with Crippen molar-refractivity contribution < 1.29 is 9.53 Å². The number of aromatic nitrogens is 4. The summed E-state index contributed by atoms with van der Waals surface area (Å²) >= 11 is 6.12. The van der Waals surface area contributed by atoms with Gasteiger partial charge in [-0.05, 0) is 56.7 Å².